The average Bonchev–Trinajstić information content (AvgIpc) is 2.99. The molecular formula is C44H57NO2. The highest BCUT2D eigenvalue weighted by molar-refractivity contribution is 5.94. The van der Waals surface area contributed by atoms with E-state index in [1.807, 2.05) is 6.21 Å². The zero-order valence-electron chi connectivity index (χ0n) is 31.7. The molecule has 0 amide bonds. The minimum Gasteiger partial charge on any atom is -0.507 e. The van der Waals surface area contributed by atoms with Gasteiger partial charge in [0.25, 0.3) is 0 Å². The average molecular weight is 632 g/mol. The third-order valence-electron chi connectivity index (χ3n) is 9.91. The quantitative estimate of drug-likeness (QED) is 0.206. The number of phenols is 1. The van der Waals surface area contributed by atoms with E-state index >= 15 is 0 Å². The smallest absolute Gasteiger partial charge is 0.132 e. The highest BCUT2D eigenvalue weighted by Gasteiger charge is 2.26. The molecule has 3 nitrogen and oxygen atoms in total. The standard InChI is InChI=1S/C44H57NO2/c1-25(2)34-17-16-18-35(26(3)4)41(34)45-24-31-21-33(44(12,13)14)23-37(42(31)46)40-29(7)27(5)39(28(6)30(40)8)36-22-32(43(9,10)11)19-20-38(36)47-15/h16-26,46H,1-15H3. The van der Waals surface area contributed by atoms with E-state index < -0.39 is 0 Å². The molecule has 4 aromatic rings. The molecule has 0 unspecified atom stereocenters. The molecule has 0 aliphatic carbocycles. The van der Waals surface area contributed by atoms with Gasteiger partial charge in [0.2, 0.25) is 0 Å². The van der Waals surface area contributed by atoms with E-state index in [4.69, 9.17) is 9.73 Å². The van der Waals surface area contributed by atoms with Crippen molar-refractivity contribution in [3.63, 3.8) is 0 Å². The molecular weight excluding hydrogens is 574 g/mol. The second kappa shape index (κ2) is 13.3. The molecule has 1 N–H and O–H groups in total. The number of nitrogens with zero attached hydrogens (tertiary/aromatic N) is 1. The summed E-state index contributed by atoms with van der Waals surface area (Å²) in [5, 5.41) is 12.1. The largest absolute Gasteiger partial charge is 0.507 e. The summed E-state index contributed by atoms with van der Waals surface area (Å²) in [4.78, 5) is 5.12. The van der Waals surface area contributed by atoms with Gasteiger partial charge in [0.1, 0.15) is 11.5 Å². The fourth-order valence-corrected chi connectivity index (χ4v) is 6.66. The summed E-state index contributed by atoms with van der Waals surface area (Å²) < 4.78 is 5.91. The SMILES string of the molecule is COc1ccc(C(C)(C)C)cc1-c1c(C)c(C)c(-c2cc(C(C)(C)C)cc(C=Nc3c(C(C)C)cccc3C(C)C)c2O)c(C)c1C. The molecule has 47 heavy (non-hydrogen) atoms. The Labute approximate surface area is 285 Å². The van der Waals surface area contributed by atoms with Gasteiger partial charge in [-0.05, 0) is 130 Å². The lowest BCUT2D eigenvalue weighted by atomic mass is 9.79. The van der Waals surface area contributed by atoms with Gasteiger partial charge in [-0.2, -0.15) is 0 Å². The molecule has 4 rings (SSSR count). The molecule has 0 aromatic heterocycles. The number of phenolic OH excluding ortho intramolecular Hbond substituents is 1. The van der Waals surface area contributed by atoms with Crippen molar-refractivity contribution in [3.8, 4) is 33.8 Å². The van der Waals surface area contributed by atoms with Crippen LogP contribution in [0.25, 0.3) is 22.3 Å². The van der Waals surface area contributed by atoms with Crippen molar-refractivity contribution in [1.29, 1.82) is 0 Å². The highest BCUT2D eigenvalue weighted by Crippen LogP contribution is 2.46. The van der Waals surface area contributed by atoms with E-state index in [1.165, 1.54) is 33.4 Å². The Morgan fingerprint density at radius 2 is 1.13 bits per heavy atom. The van der Waals surface area contributed by atoms with Crippen LogP contribution >= 0.6 is 0 Å². The number of rotatable bonds is 7. The van der Waals surface area contributed by atoms with E-state index in [2.05, 4.69) is 145 Å². The van der Waals surface area contributed by atoms with E-state index in [-0.39, 0.29) is 16.6 Å². The van der Waals surface area contributed by atoms with Gasteiger partial charge in [0.15, 0.2) is 0 Å². The van der Waals surface area contributed by atoms with Crippen molar-refractivity contribution < 1.29 is 9.84 Å². The molecule has 0 aliphatic rings. The Kier molecular flexibility index (Phi) is 10.2. The lowest BCUT2D eigenvalue weighted by molar-refractivity contribution is 0.416. The number of ether oxygens (including phenoxy) is 1. The van der Waals surface area contributed by atoms with Gasteiger partial charge in [-0.25, -0.2) is 0 Å². The van der Waals surface area contributed by atoms with Crippen molar-refractivity contribution in [2.45, 2.75) is 120 Å². The summed E-state index contributed by atoms with van der Waals surface area (Å²) >= 11 is 0. The van der Waals surface area contributed by atoms with Gasteiger partial charge in [-0.15, -0.1) is 0 Å². The fourth-order valence-electron chi connectivity index (χ4n) is 6.66. The van der Waals surface area contributed by atoms with Crippen LogP contribution in [0.5, 0.6) is 11.5 Å². The molecule has 0 aliphatic heterocycles. The normalized spacial score (nSPS) is 12.5. The number of aromatic hydroxyl groups is 1. The summed E-state index contributed by atoms with van der Waals surface area (Å²) in [6, 6.07) is 17.3. The summed E-state index contributed by atoms with van der Waals surface area (Å²) in [7, 11) is 1.75. The number of aliphatic imine (C=N–C) groups is 1. The molecule has 0 spiro atoms. The Morgan fingerprint density at radius 1 is 0.660 bits per heavy atom. The number of hydrogen-bond acceptors (Lipinski definition) is 3. The van der Waals surface area contributed by atoms with E-state index in [0.717, 1.165) is 50.4 Å². The van der Waals surface area contributed by atoms with Crippen LogP contribution in [0.15, 0.2) is 53.5 Å². The zero-order valence-corrected chi connectivity index (χ0v) is 31.7. The van der Waals surface area contributed by atoms with Gasteiger partial charge in [-0.1, -0.05) is 93.5 Å². The van der Waals surface area contributed by atoms with E-state index in [9.17, 15) is 5.11 Å². The fraction of sp³-hybridized carbons (Fsp3) is 0.432. The first kappa shape index (κ1) is 36.0. The second-order valence-electron chi connectivity index (χ2n) is 16.0. The summed E-state index contributed by atoms with van der Waals surface area (Å²) in [6.07, 6.45) is 1.88. The van der Waals surface area contributed by atoms with Crippen LogP contribution in [0.3, 0.4) is 0 Å². The third-order valence-corrected chi connectivity index (χ3v) is 9.91. The number of hydrogen-bond donors (Lipinski definition) is 1. The second-order valence-corrected chi connectivity index (χ2v) is 16.0. The van der Waals surface area contributed by atoms with Crippen LogP contribution in [-0.2, 0) is 10.8 Å². The number of benzene rings is 4. The molecule has 0 atom stereocenters. The topological polar surface area (TPSA) is 41.8 Å². The number of methoxy groups -OCH3 is 1. The Balaban J connectivity index is 2.02. The molecule has 4 aromatic carbocycles. The van der Waals surface area contributed by atoms with Crippen LogP contribution in [0.4, 0.5) is 5.69 Å². The first-order chi connectivity index (χ1) is 21.8. The van der Waals surface area contributed by atoms with Crippen LogP contribution in [0.2, 0.25) is 0 Å². The zero-order chi connectivity index (χ0) is 35.2. The van der Waals surface area contributed by atoms with Gasteiger partial charge in [0, 0.05) is 22.9 Å². The first-order valence-electron chi connectivity index (χ1n) is 17.1. The van der Waals surface area contributed by atoms with Gasteiger partial charge < -0.3 is 9.84 Å². The van der Waals surface area contributed by atoms with Crippen molar-refractivity contribution in [2.75, 3.05) is 7.11 Å². The van der Waals surface area contributed by atoms with E-state index in [1.54, 1.807) is 7.11 Å². The molecule has 0 saturated heterocycles. The van der Waals surface area contributed by atoms with Crippen LogP contribution in [0, 0.1) is 27.7 Å². The Morgan fingerprint density at radius 3 is 1.57 bits per heavy atom. The molecule has 0 fully saturated rings. The van der Waals surface area contributed by atoms with Crippen molar-refractivity contribution in [1.82, 2.24) is 0 Å². The Hall–Kier alpha value is -3.85. The molecule has 0 radical (unpaired) electrons. The maximum Gasteiger partial charge on any atom is 0.132 e. The van der Waals surface area contributed by atoms with Crippen LogP contribution in [0.1, 0.15) is 131 Å². The highest BCUT2D eigenvalue weighted by atomic mass is 16.5. The Bertz CT molecular complexity index is 1770. The van der Waals surface area contributed by atoms with Gasteiger partial charge >= 0.3 is 0 Å². The number of para-hydroxylation sites is 1. The maximum atomic E-state index is 12.1. The monoisotopic (exact) mass is 631 g/mol. The predicted molar refractivity (Wildman–Crippen MR) is 204 cm³/mol. The summed E-state index contributed by atoms with van der Waals surface area (Å²) in [5.74, 6) is 1.81. The molecule has 0 saturated carbocycles. The van der Waals surface area contributed by atoms with Gasteiger partial charge in [0.05, 0.1) is 12.8 Å². The lowest BCUT2D eigenvalue weighted by Crippen LogP contribution is -2.12. The van der Waals surface area contributed by atoms with E-state index in [0.29, 0.717) is 11.8 Å². The third kappa shape index (κ3) is 7.05. The van der Waals surface area contributed by atoms with Crippen LogP contribution in [-0.4, -0.2) is 18.4 Å². The minimum absolute atomic E-state index is 0.00954. The van der Waals surface area contributed by atoms with Crippen molar-refractivity contribution >= 4 is 11.9 Å². The summed E-state index contributed by atoms with van der Waals surface area (Å²) in [5.41, 5.74) is 15.4. The molecule has 0 heterocycles. The molecule has 250 valence electrons. The maximum absolute atomic E-state index is 12.1. The van der Waals surface area contributed by atoms with Crippen molar-refractivity contribution in [3.05, 3.63) is 98.6 Å². The lowest BCUT2D eigenvalue weighted by Gasteiger charge is -2.27. The molecule has 0 bridgehead atoms. The minimum atomic E-state index is -0.128. The van der Waals surface area contributed by atoms with Crippen molar-refractivity contribution in [2.24, 2.45) is 4.99 Å². The van der Waals surface area contributed by atoms with Gasteiger partial charge in [-0.3, -0.25) is 4.99 Å². The predicted octanol–water partition coefficient (Wildman–Crippen LogP) is 12.6. The first-order valence-corrected chi connectivity index (χ1v) is 17.1. The van der Waals surface area contributed by atoms with Crippen LogP contribution < -0.4 is 4.74 Å². The summed E-state index contributed by atoms with van der Waals surface area (Å²) in [6.45, 7) is 31.0. The molecule has 3 heteroatoms.